The summed E-state index contributed by atoms with van der Waals surface area (Å²) in [6, 6.07) is 0. The van der Waals surface area contributed by atoms with Gasteiger partial charge >= 0.3 is 23.9 Å². The zero-order valence-corrected chi connectivity index (χ0v) is 23.4. The van der Waals surface area contributed by atoms with Gasteiger partial charge in [0.2, 0.25) is 12.6 Å². The van der Waals surface area contributed by atoms with Crippen molar-refractivity contribution < 1.29 is 42.9 Å². The quantitative estimate of drug-likeness (QED) is 0.216. The molecule has 0 aromatic heterocycles. The Hall–Kier alpha value is -2.94. The average molecular weight is 531 g/mol. The van der Waals surface area contributed by atoms with Crippen LogP contribution in [0.15, 0.2) is 34.9 Å². The van der Waals surface area contributed by atoms with Crippen LogP contribution in [0.3, 0.4) is 0 Å². The van der Waals surface area contributed by atoms with E-state index in [1.54, 1.807) is 39.8 Å². The van der Waals surface area contributed by atoms with Gasteiger partial charge < -0.3 is 18.9 Å². The first-order valence-corrected chi connectivity index (χ1v) is 13.2. The van der Waals surface area contributed by atoms with E-state index in [0.717, 1.165) is 0 Å². The number of carbonyl (C=O) groups excluding carboxylic acids is 4. The molecule has 4 rings (SSSR count). The summed E-state index contributed by atoms with van der Waals surface area (Å²) in [7, 11) is 0. The molecule has 38 heavy (non-hydrogen) atoms. The Morgan fingerprint density at radius 2 is 1.47 bits per heavy atom. The Morgan fingerprint density at radius 3 is 2.03 bits per heavy atom. The Balaban J connectivity index is 1.85. The zero-order chi connectivity index (χ0) is 28.2. The van der Waals surface area contributed by atoms with Gasteiger partial charge in [0.25, 0.3) is 0 Å². The fourth-order valence-corrected chi connectivity index (χ4v) is 7.21. The molecule has 4 aliphatic rings. The molecule has 3 fully saturated rings. The molecule has 1 aliphatic heterocycles. The SMILES string of the molecule is CC=C(C)C(=O)OC1C=C2C(OC(C)=O)OC(OC(C)=O)C3C(OC(=O)C(C)=CC)CC4C(C)(C)C1CC234. The maximum absolute atomic E-state index is 12.9. The minimum absolute atomic E-state index is 0.0495. The van der Waals surface area contributed by atoms with Crippen LogP contribution >= 0.6 is 0 Å². The van der Waals surface area contributed by atoms with Gasteiger partial charge in [-0.1, -0.05) is 26.0 Å². The van der Waals surface area contributed by atoms with Gasteiger partial charge in [-0.05, 0) is 57.9 Å². The number of rotatable bonds is 6. The molecule has 0 radical (unpaired) electrons. The zero-order valence-electron chi connectivity index (χ0n) is 23.4. The summed E-state index contributed by atoms with van der Waals surface area (Å²) in [5.74, 6) is -2.62. The largest absolute Gasteiger partial charge is 0.458 e. The van der Waals surface area contributed by atoms with Crippen LogP contribution in [0.1, 0.15) is 68.2 Å². The van der Waals surface area contributed by atoms with Crippen molar-refractivity contribution in [2.45, 2.75) is 93.0 Å². The molecule has 1 spiro atoms. The van der Waals surface area contributed by atoms with Gasteiger partial charge in [0, 0.05) is 41.9 Å². The van der Waals surface area contributed by atoms with Crippen molar-refractivity contribution in [3.63, 3.8) is 0 Å². The molecule has 2 saturated carbocycles. The van der Waals surface area contributed by atoms with Gasteiger partial charge in [0.05, 0.1) is 5.92 Å². The van der Waals surface area contributed by atoms with E-state index in [4.69, 9.17) is 23.7 Å². The fourth-order valence-electron chi connectivity index (χ4n) is 7.21. The van der Waals surface area contributed by atoms with Gasteiger partial charge in [-0.3, -0.25) is 14.3 Å². The molecule has 2 bridgehead atoms. The second kappa shape index (κ2) is 9.98. The molecule has 1 saturated heterocycles. The van der Waals surface area contributed by atoms with Crippen LogP contribution in [0.5, 0.6) is 0 Å². The van der Waals surface area contributed by atoms with Crippen LogP contribution in [0.2, 0.25) is 0 Å². The molecular formula is C29H38O9. The Morgan fingerprint density at radius 1 is 0.895 bits per heavy atom. The van der Waals surface area contributed by atoms with Crippen LogP contribution in [0.25, 0.3) is 0 Å². The monoisotopic (exact) mass is 530 g/mol. The summed E-state index contributed by atoms with van der Waals surface area (Å²) in [5.41, 5.74) is 0.627. The molecule has 0 aromatic carbocycles. The van der Waals surface area contributed by atoms with Crippen molar-refractivity contribution in [2.24, 2.45) is 28.6 Å². The number of carbonyl (C=O) groups is 4. The number of allylic oxidation sites excluding steroid dienone is 2. The van der Waals surface area contributed by atoms with E-state index in [0.29, 0.717) is 29.6 Å². The summed E-state index contributed by atoms with van der Waals surface area (Å²) in [6.07, 6.45) is 2.90. The summed E-state index contributed by atoms with van der Waals surface area (Å²) >= 11 is 0. The minimum Gasteiger partial charge on any atom is -0.458 e. The predicted molar refractivity (Wildman–Crippen MR) is 135 cm³/mol. The van der Waals surface area contributed by atoms with Gasteiger partial charge in [0.15, 0.2) is 0 Å². The second-order valence-electron chi connectivity index (χ2n) is 11.4. The van der Waals surface area contributed by atoms with E-state index in [-0.39, 0.29) is 17.3 Å². The van der Waals surface area contributed by atoms with Crippen molar-refractivity contribution in [2.75, 3.05) is 0 Å². The van der Waals surface area contributed by atoms with Crippen molar-refractivity contribution in [3.8, 4) is 0 Å². The Bertz CT molecular complexity index is 1130. The number of fused-ring (bicyclic) bond motifs is 1. The third-order valence-corrected chi connectivity index (χ3v) is 9.15. The number of ether oxygens (including phenoxy) is 5. The van der Waals surface area contributed by atoms with Crippen molar-refractivity contribution in [1.29, 1.82) is 0 Å². The highest BCUT2D eigenvalue weighted by Crippen LogP contribution is 2.75. The molecule has 0 amide bonds. The molecule has 3 aliphatic carbocycles. The lowest BCUT2D eigenvalue weighted by Gasteiger charge is -2.50. The number of esters is 4. The lowest BCUT2D eigenvalue weighted by atomic mass is 9.62. The maximum atomic E-state index is 12.9. The topological polar surface area (TPSA) is 114 Å². The third-order valence-electron chi connectivity index (χ3n) is 9.15. The highest BCUT2D eigenvalue weighted by Gasteiger charge is 2.76. The van der Waals surface area contributed by atoms with E-state index in [9.17, 15) is 19.2 Å². The van der Waals surface area contributed by atoms with E-state index < -0.39 is 60.0 Å². The molecule has 208 valence electrons. The normalized spacial score (nSPS) is 37.1. The smallest absolute Gasteiger partial charge is 0.333 e. The summed E-state index contributed by atoms with van der Waals surface area (Å²) in [5, 5.41) is 0. The molecule has 8 unspecified atom stereocenters. The van der Waals surface area contributed by atoms with E-state index in [2.05, 4.69) is 13.8 Å². The molecule has 1 heterocycles. The fraction of sp³-hybridized carbons (Fsp3) is 0.655. The van der Waals surface area contributed by atoms with Gasteiger partial charge in [-0.2, -0.15) is 0 Å². The van der Waals surface area contributed by atoms with Crippen LogP contribution in [0.4, 0.5) is 0 Å². The average Bonchev–Trinajstić information content (AvgIpc) is 3.25. The summed E-state index contributed by atoms with van der Waals surface area (Å²) in [6.45, 7) is 13.8. The molecule has 8 atom stereocenters. The summed E-state index contributed by atoms with van der Waals surface area (Å²) < 4.78 is 29.4. The molecule has 0 aromatic rings. The highest BCUT2D eigenvalue weighted by molar-refractivity contribution is 5.88. The predicted octanol–water partition coefficient (Wildman–Crippen LogP) is 4.16. The van der Waals surface area contributed by atoms with Crippen LogP contribution < -0.4 is 0 Å². The van der Waals surface area contributed by atoms with Crippen molar-refractivity contribution >= 4 is 23.9 Å². The van der Waals surface area contributed by atoms with Crippen molar-refractivity contribution in [3.05, 3.63) is 34.9 Å². The van der Waals surface area contributed by atoms with E-state index >= 15 is 0 Å². The summed E-state index contributed by atoms with van der Waals surface area (Å²) in [4.78, 5) is 49.9. The molecule has 0 N–H and O–H groups in total. The minimum atomic E-state index is -1.14. The first-order chi connectivity index (χ1) is 17.8. The second-order valence-corrected chi connectivity index (χ2v) is 11.4. The molecule has 9 nitrogen and oxygen atoms in total. The lowest BCUT2D eigenvalue weighted by molar-refractivity contribution is -0.281. The number of hydrogen-bond donors (Lipinski definition) is 0. The van der Waals surface area contributed by atoms with Crippen LogP contribution in [-0.2, 0) is 42.9 Å². The van der Waals surface area contributed by atoms with E-state index in [1.807, 2.05) is 6.08 Å². The van der Waals surface area contributed by atoms with Gasteiger partial charge in [0.1, 0.15) is 12.2 Å². The first-order valence-electron chi connectivity index (χ1n) is 13.2. The standard InChI is InChI=1S/C29H38O9/c1-9-14(3)24(32)36-20-11-18-26(34-16(5)30)38-27(35-17(6)31)23-21(37-25(33)15(4)10-2)12-22-28(7,8)19(20)13-29(18,22)23/h9-11,19-23,26-27H,12-13H2,1-8H3. The molecular weight excluding hydrogens is 492 g/mol. The Labute approximate surface area is 223 Å². The number of hydrogen-bond acceptors (Lipinski definition) is 9. The van der Waals surface area contributed by atoms with Gasteiger partial charge in [-0.15, -0.1) is 0 Å². The highest BCUT2D eigenvalue weighted by atomic mass is 16.8. The lowest BCUT2D eigenvalue weighted by Crippen LogP contribution is -2.56. The first kappa shape index (κ1) is 28.1. The van der Waals surface area contributed by atoms with Crippen LogP contribution in [0, 0.1) is 28.6 Å². The van der Waals surface area contributed by atoms with Gasteiger partial charge in [-0.25, -0.2) is 9.59 Å². The third kappa shape index (κ3) is 4.38. The van der Waals surface area contributed by atoms with Crippen LogP contribution in [-0.4, -0.2) is 48.7 Å². The Kier molecular flexibility index (Phi) is 7.38. The molecule has 9 heteroatoms. The van der Waals surface area contributed by atoms with Crippen molar-refractivity contribution in [1.82, 2.24) is 0 Å². The maximum Gasteiger partial charge on any atom is 0.333 e. The van der Waals surface area contributed by atoms with E-state index in [1.165, 1.54) is 13.8 Å².